The SMILES string of the molecule is CCCCCCCCCCCCCC(=O)O[C@H](CCCCCCCCCCC)CC(=O)N[C@@H](COC1O[C@H](CO)[C@@H](OP(=O)(Oc2ccccc2)Oc2ccccc2)[C@H](OC(=O)C[C@@H](CCCCCCCCCCC)OC(=O)CCCCCCCCCCCCC)[C@H]1C(=O)C[C@@H](CCCCCCCCCCC)OC(=O)CCCCCCCCCCCCC)C(=O)OCc1ccccc1. The van der Waals surface area contributed by atoms with E-state index >= 15 is 23.7 Å². The van der Waals surface area contributed by atoms with E-state index in [0.29, 0.717) is 56.9 Å². The number of aliphatic hydroxyl groups excluding tert-OH is 1. The summed E-state index contributed by atoms with van der Waals surface area (Å²) in [4.78, 5) is 105. The summed E-state index contributed by atoms with van der Waals surface area (Å²) in [6.07, 6.45) is 53.9. The van der Waals surface area contributed by atoms with Crippen LogP contribution in [0.3, 0.4) is 0 Å². The molecule has 133 heavy (non-hydrogen) atoms. The second-order valence-electron chi connectivity index (χ2n) is 38.2. The molecule has 2 N–H and O–H groups in total. The van der Waals surface area contributed by atoms with Crippen LogP contribution in [0.2, 0.25) is 0 Å². The summed E-state index contributed by atoms with van der Waals surface area (Å²) in [6.45, 7) is 11.4. The number of ketones is 1. The monoisotopic (exact) mass is 1880 g/mol. The van der Waals surface area contributed by atoms with Gasteiger partial charge in [-0.3, -0.25) is 33.3 Å². The molecule has 1 saturated heterocycles. The zero-order valence-electron chi connectivity index (χ0n) is 84.5. The average molecular weight is 1880 g/mol. The summed E-state index contributed by atoms with van der Waals surface area (Å²) in [5.74, 6) is -6.33. The van der Waals surface area contributed by atoms with Crippen molar-refractivity contribution in [3.63, 3.8) is 0 Å². The second kappa shape index (κ2) is 81.8. The van der Waals surface area contributed by atoms with Crippen LogP contribution in [0, 0.1) is 5.92 Å². The first-order chi connectivity index (χ1) is 65.1. The number of phosphoric ester groups is 1. The maximum atomic E-state index is 16.6. The number of phosphoric acid groups is 1. The van der Waals surface area contributed by atoms with E-state index in [2.05, 4.69) is 46.9 Å². The van der Waals surface area contributed by atoms with E-state index in [1.54, 1.807) is 84.9 Å². The highest BCUT2D eigenvalue weighted by Crippen LogP contribution is 2.53. The van der Waals surface area contributed by atoms with Crippen LogP contribution < -0.4 is 14.4 Å². The van der Waals surface area contributed by atoms with Crippen LogP contribution in [0.4, 0.5) is 0 Å². The van der Waals surface area contributed by atoms with Crippen molar-refractivity contribution in [1.29, 1.82) is 0 Å². The number of benzene rings is 3. The van der Waals surface area contributed by atoms with Crippen molar-refractivity contribution in [1.82, 2.24) is 5.32 Å². The lowest BCUT2D eigenvalue weighted by Crippen LogP contribution is -2.61. The molecule has 0 bridgehead atoms. The number of nitrogens with one attached hydrogen (secondary N) is 1. The predicted molar refractivity (Wildman–Crippen MR) is 537 cm³/mol. The fourth-order valence-corrected chi connectivity index (χ4v) is 19.3. The first kappa shape index (κ1) is 119. The van der Waals surface area contributed by atoms with E-state index < -0.39 is 130 Å². The quantitative estimate of drug-likeness (QED) is 0.0230. The van der Waals surface area contributed by atoms with E-state index in [9.17, 15) is 19.5 Å². The van der Waals surface area contributed by atoms with Crippen LogP contribution in [0.15, 0.2) is 91.0 Å². The van der Waals surface area contributed by atoms with Gasteiger partial charge in [0.2, 0.25) is 5.91 Å². The highest BCUT2D eigenvalue weighted by Gasteiger charge is 2.56. The maximum Gasteiger partial charge on any atom is 0.588 e. The largest absolute Gasteiger partial charge is 0.588 e. The maximum absolute atomic E-state index is 16.6. The van der Waals surface area contributed by atoms with Gasteiger partial charge in [-0.15, -0.1) is 0 Å². The molecule has 1 aliphatic rings. The third-order valence-electron chi connectivity index (χ3n) is 25.9. The molecule has 9 atom stereocenters. The van der Waals surface area contributed by atoms with Gasteiger partial charge in [0.05, 0.1) is 26.1 Å². The lowest BCUT2D eigenvalue weighted by Gasteiger charge is -2.45. The van der Waals surface area contributed by atoms with E-state index in [1.807, 2.05) is 6.07 Å². The van der Waals surface area contributed by atoms with Crippen molar-refractivity contribution < 1.29 is 90.0 Å². The lowest BCUT2D eigenvalue weighted by atomic mass is 9.84. The van der Waals surface area contributed by atoms with Gasteiger partial charge in [-0.1, -0.05) is 455 Å². The lowest BCUT2D eigenvalue weighted by molar-refractivity contribution is -0.281. The molecule has 4 rings (SSSR count). The van der Waals surface area contributed by atoms with Gasteiger partial charge in [0.25, 0.3) is 0 Å². The molecule has 0 aromatic heterocycles. The highest BCUT2D eigenvalue weighted by molar-refractivity contribution is 7.49. The molecule has 3 aromatic rings. The van der Waals surface area contributed by atoms with Crippen LogP contribution >= 0.6 is 7.82 Å². The summed E-state index contributed by atoms with van der Waals surface area (Å²) in [5.41, 5.74) is 0.645. The molecular formula is C112H188NO19P. The van der Waals surface area contributed by atoms with Gasteiger partial charge in [0.15, 0.2) is 12.3 Å². The Labute approximate surface area is 807 Å². The Hall–Kier alpha value is -6.18. The number of hydrogen-bond donors (Lipinski definition) is 2. The minimum atomic E-state index is -5.11. The summed E-state index contributed by atoms with van der Waals surface area (Å²) < 4.78 is 80.9. The molecule has 1 fully saturated rings. The Bertz CT molecular complexity index is 3320. The Kier molecular flexibility index (Phi) is 73.3. The number of amides is 1. The number of para-hydroxylation sites is 2. The van der Waals surface area contributed by atoms with Crippen LogP contribution in [0.1, 0.15) is 490 Å². The Morgan fingerprint density at radius 1 is 0.361 bits per heavy atom. The van der Waals surface area contributed by atoms with Gasteiger partial charge in [0.1, 0.15) is 66.4 Å². The zero-order valence-corrected chi connectivity index (χ0v) is 85.4. The van der Waals surface area contributed by atoms with Crippen LogP contribution in [-0.2, 0) is 82.4 Å². The Morgan fingerprint density at radius 2 is 0.662 bits per heavy atom. The van der Waals surface area contributed by atoms with Gasteiger partial charge in [-0.25, -0.2) is 9.36 Å². The van der Waals surface area contributed by atoms with Crippen molar-refractivity contribution in [3.8, 4) is 11.5 Å². The Morgan fingerprint density at radius 3 is 0.992 bits per heavy atom. The minimum Gasteiger partial charge on any atom is -0.462 e. The molecule has 0 aliphatic carbocycles. The number of unbranched alkanes of at least 4 members (excludes halogenated alkanes) is 54. The third-order valence-corrected chi connectivity index (χ3v) is 27.3. The summed E-state index contributed by atoms with van der Waals surface area (Å²) in [6, 6.07) is 23.7. The van der Waals surface area contributed by atoms with Crippen molar-refractivity contribution in [2.45, 2.75) is 540 Å². The topological polar surface area (TPSA) is 261 Å². The molecule has 1 unspecified atom stereocenters. The molecule has 760 valence electrons. The highest BCUT2D eigenvalue weighted by atomic mass is 31.2. The number of carbonyl (C=O) groups excluding carboxylic acids is 7. The molecule has 1 aliphatic heterocycles. The van der Waals surface area contributed by atoms with Gasteiger partial charge >= 0.3 is 37.7 Å². The number of Topliss-reactive ketones (excluding diaryl/α,β-unsaturated/α-hetero) is 1. The molecule has 3 aromatic carbocycles. The number of hydrogen-bond acceptors (Lipinski definition) is 19. The molecular weight excluding hydrogens is 1690 g/mol. The van der Waals surface area contributed by atoms with Crippen LogP contribution in [0.25, 0.3) is 0 Å². The molecule has 0 radical (unpaired) electrons. The van der Waals surface area contributed by atoms with Gasteiger partial charge in [-0.2, -0.15) is 0 Å². The second-order valence-corrected chi connectivity index (χ2v) is 39.7. The minimum absolute atomic E-state index is 0.0462. The zero-order chi connectivity index (χ0) is 95.8. The van der Waals surface area contributed by atoms with Crippen molar-refractivity contribution in [3.05, 3.63) is 96.6 Å². The summed E-state index contributed by atoms with van der Waals surface area (Å²) in [7, 11) is -5.11. The molecule has 0 spiro atoms. The normalized spacial score (nSPS) is 15.9. The van der Waals surface area contributed by atoms with E-state index in [4.69, 9.17) is 46.7 Å². The first-order valence-electron chi connectivity index (χ1n) is 54.5. The number of carbonyl (C=O) groups is 7. The van der Waals surface area contributed by atoms with E-state index in [-0.39, 0.29) is 50.2 Å². The van der Waals surface area contributed by atoms with Crippen molar-refractivity contribution in [2.75, 3.05) is 13.2 Å². The van der Waals surface area contributed by atoms with Crippen LogP contribution in [-0.4, -0.2) is 109 Å². The van der Waals surface area contributed by atoms with Crippen molar-refractivity contribution >= 4 is 49.4 Å². The molecule has 0 saturated carbocycles. The van der Waals surface area contributed by atoms with Crippen molar-refractivity contribution in [2.24, 2.45) is 5.92 Å². The third kappa shape index (κ3) is 61.7. The summed E-state index contributed by atoms with van der Waals surface area (Å²) in [5, 5.41) is 14.8. The predicted octanol–water partition coefficient (Wildman–Crippen LogP) is 30.5. The van der Waals surface area contributed by atoms with Gasteiger partial charge < -0.3 is 52.6 Å². The fourth-order valence-electron chi connectivity index (χ4n) is 17.8. The van der Waals surface area contributed by atoms with Gasteiger partial charge in [0, 0.05) is 25.7 Å². The molecule has 1 amide bonds. The molecule has 21 heteroatoms. The van der Waals surface area contributed by atoms with E-state index in [1.165, 1.54) is 173 Å². The fraction of sp³-hybridized carbons (Fsp3) is 0.777. The van der Waals surface area contributed by atoms with Crippen LogP contribution in [0.5, 0.6) is 11.5 Å². The number of ether oxygens (including phenoxy) is 7. The number of rotatable bonds is 91. The average Bonchev–Trinajstić information content (AvgIpc) is 0.764. The first-order valence-corrected chi connectivity index (χ1v) is 56.0. The molecule has 1 heterocycles. The van der Waals surface area contributed by atoms with Gasteiger partial charge in [-0.05, 0) is 87.6 Å². The Balaban J connectivity index is 1.91. The standard InChI is InChI=1S/C112H188NO19P/c1-7-13-19-25-31-37-40-46-52-58-73-85-104(117)125-97(82-66-55-49-43-34-28-22-16-10-4)88-101(115)108-110(129-107(120)90-99(84-68-57-51-45-36-30-24-18-12-6)127-106(119)87-75-60-54-48-42-39-33-27-21-15-9-3)109(132-133(122,130-95-78-69-62-70-79-95)131-96-80-71-63-72-81-96)102(91-114)128-112(108)124-93-100(111(121)123-92-94-76-64-61-65-77-94)113-103(116)89-98(83-67-56-50-44-35-29-23-17-11-5)126-105(118)86-74-59-53-47-41-38-32-26-20-14-8-2/h61-65,69-72,76-81,97-100,102,108-110,112,114H,7-60,66-68,73-75,82-93H2,1-6H3,(H,113,116)/t97-,98-,99-,100+,102-,108-,109-,110-,112?/m1/s1. The summed E-state index contributed by atoms with van der Waals surface area (Å²) >= 11 is 0. The molecule has 20 nitrogen and oxygen atoms in total. The van der Waals surface area contributed by atoms with E-state index in [0.717, 1.165) is 173 Å². The smallest absolute Gasteiger partial charge is 0.462 e. The number of esters is 5. The number of aliphatic hydroxyl groups is 1.